The zero-order chi connectivity index (χ0) is 21.6. The van der Waals surface area contributed by atoms with Crippen LogP contribution in [0.5, 0.6) is 0 Å². The number of H-pyrrole nitrogens is 2. The van der Waals surface area contributed by atoms with Gasteiger partial charge in [-0.25, -0.2) is 4.98 Å². The molecule has 0 saturated carbocycles. The average molecular weight is 411 g/mol. The van der Waals surface area contributed by atoms with Crippen LogP contribution in [-0.2, 0) is 6.42 Å². The third-order valence-electron chi connectivity index (χ3n) is 4.98. The summed E-state index contributed by atoms with van der Waals surface area (Å²) in [6.07, 6.45) is 13.1. The van der Waals surface area contributed by atoms with Gasteiger partial charge in [0.1, 0.15) is 6.33 Å². The summed E-state index contributed by atoms with van der Waals surface area (Å²) in [5.41, 5.74) is 2.80. The molecule has 3 N–H and O–H groups in total. The number of benzene rings is 1. The third kappa shape index (κ3) is 7.15. The summed E-state index contributed by atoms with van der Waals surface area (Å²) in [6.45, 7) is 10.2. The van der Waals surface area contributed by atoms with E-state index in [0.717, 1.165) is 34.2 Å². The molecule has 162 valence electrons. The summed E-state index contributed by atoms with van der Waals surface area (Å²) in [5, 5.41) is 23.6. The smallest absolute Gasteiger partial charge is 0.155 e. The monoisotopic (exact) mass is 410 g/mol. The van der Waals surface area contributed by atoms with E-state index in [0.29, 0.717) is 6.42 Å². The minimum atomic E-state index is 0.604. The van der Waals surface area contributed by atoms with Crippen LogP contribution in [-0.4, -0.2) is 55.0 Å². The predicted molar refractivity (Wildman–Crippen MR) is 123 cm³/mol. The van der Waals surface area contributed by atoms with Gasteiger partial charge >= 0.3 is 0 Å². The van der Waals surface area contributed by atoms with Crippen molar-refractivity contribution in [2.45, 2.75) is 46.5 Å². The number of aliphatic hydroxyl groups excluding tert-OH is 1. The quantitative estimate of drug-likeness (QED) is 0.414. The lowest BCUT2D eigenvalue weighted by atomic mass is 10.1. The van der Waals surface area contributed by atoms with Crippen LogP contribution in [0.4, 0.5) is 0 Å². The highest BCUT2D eigenvalue weighted by atomic mass is 16.2. The lowest BCUT2D eigenvalue weighted by Gasteiger charge is -2.24. The summed E-state index contributed by atoms with van der Waals surface area (Å²) in [7, 11) is 0. The maximum absolute atomic E-state index is 8.70. The molecule has 1 saturated heterocycles. The second kappa shape index (κ2) is 13.3. The molecule has 0 amide bonds. The van der Waals surface area contributed by atoms with Gasteiger partial charge in [0.25, 0.3) is 0 Å². The molecular formula is C23H34N6O. The van der Waals surface area contributed by atoms with Crippen LogP contribution in [0, 0.1) is 0 Å². The van der Waals surface area contributed by atoms with E-state index in [9.17, 15) is 0 Å². The molecule has 0 bridgehead atoms. The third-order valence-corrected chi connectivity index (χ3v) is 4.98. The predicted octanol–water partition coefficient (Wildman–Crippen LogP) is 5.04. The largest absolute Gasteiger partial charge is 0.516 e. The molecule has 0 radical (unpaired) electrons. The van der Waals surface area contributed by atoms with Gasteiger partial charge in [-0.05, 0) is 70.6 Å². The zero-order valence-corrected chi connectivity index (χ0v) is 18.3. The van der Waals surface area contributed by atoms with E-state index in [1.165, 1.54) is 45.2 Å². The fraction of sp³-hybridized carbons (Fsp3) is 0.435. The van der Waals surface area contributed by atoms with E-state index >= 15 is 0 Å². The number of allylic oxidation sites excluding steroid dienone is 3. The fourth-order valence-electron chi connectivity index (χ4n) is 3.16. The summed E-state index contributed by atoms with van der Waals surface area (Å²) >= 11 is 0. The molecule has 30 heavy (non-hydrogen) atoms. The number of hydrogen-bond donors (Lipinski definition) is 3. The van der Waals surface area contributed by atoms with Crippen molar-refractivity contribution >= 4 is 10.9 Å². The van der Waals surface area contributed by atoms with Crippen LogP contribution in [0.25, 0.3) is 22.3 Å². The van der Waals surface area contributed by atoms with Gasteiger partial charge in [-0.2, -0.15) is 10.2 Å². The Bertz CT molecular complexity index is 888. The highest BCUT2D eigenvalue weighted by Gasteiger charge is 2.08. The summed E-state index contributed by atoms with van der Waals surface area (Å²) in [4.78, 5) is 6.64. The molecule has 3 heterocycles. The molecule has 7 heteroatoms. The number of nitrogens with one attached hydrogen (secondary N) is 2. The number of nitrogens with zero attached hydrogens (tertiary/aromatic N) is 4. The van der Waals surface area contributed by atoms with Gasteiger partial charge in [0.05, 0.1) is 11.8 Å². The van der Waals surface area contributed by atoms with Gasteiger partial charge < -0.3 is 10.0 Å². The van der Waals surface area contributed by atoms with Gasteiger partial charge in [-0.3, -0.25) is 10.2 Å². The fourth-order valence-corrected chi connectivity index (χ4v) is 3.16. The number of fused-ring (bicyclic) bond motifs is 1. The minimum absolute atomic E-state index is 0.604. The Morgan fingerprint density at radius 3 is 2.43 bits per heavy atom. The average Bonchev–Trinajstić information content (AvgIpc) is 3.49. The van der Waals surface area contributed by atoms with Crippen molar-refractivity contribution in [3.05, 3.63) is 54.7 Å². The van der Waals surface area contributed by atoms with Crippen LogP contribution in [0.15, 0.2) is 49.0 Å². The number of rotatable bonds is 4. The molecule has 1 aliphatic rings. The van der Waals surface area contributed by atoms with Crippen molar-refractivity contribution in [2.75, 3.05) is 19.6 Å². The van der Waals surface area contributed by atoms with Crippen LogP contribution in [0.3, 0.4) is 0 Å². The van der Waals surface area contributed by atoms with E-state index in [1.54, 1.807) is 6.08 Å². The number of piperidine rings is 1. The molecule has 0 aliphatic carbocycles. The van der Waals surface area contributed by atoms with Crippen molar-refractivity contribution in [2.24, 2.45) is 0 Å². The lowest BCUT2D eigenvalue weighted by molar-refractivity contribution is 0.240. The van der Waals surface area contributed by atoms with Crippen LogP contribution in [0.1, 0.15) is 45.7 Å². The van der Waals surface area contributed by atoms with Crippen molar-refractivity contribution < 1.29 is 5.11 Å². The summed E-state index contributed by atoms with van der Waals surface area (Å²) in [5.74, 6) is 0.724. The van der Waals surface area contributed by atoms with Crippen molar-refractivity contribution in [1.82, 2.24) is 30.3 Å². The number of aromatic amines is 2. The summed E-state index contributed by atoms with van der Waals surface area (Å²) in [6, 6.07) is 5.87. The number of hydrogen-bond acceptors (Lipinski definition) is 5. The summed E-state index contributed by atoms with van der Waals surface area (Å²) < 4.78 is 0. The van der Waals surface area contributed by atoms with Crippen LogP contribution in [0.2, 0.25) is 0 Å². The molecule has 1 aliphatic heterocycles. The van der Waals surface area contributed by atoms with E-state index in [4.69, 9.17) is 5.11 Å². The van der Waals surface area contributed by atoms with E-state index < -0.39 is 0 Å². The molecule has 0 unspecified atom stereocenters. The van der Waals surface area contributed by atoms with Gasteiger partial charge in [-0.1, -0.05) is 25.5 Å². The second-order valence-corrected chi connectivity index (χ2v) is 7.02. The molecule has 7 nitrogen and oxygen atoms in total. The van der Waals surface area contributed by atoms with Gasteiger partial charge in [-0.15, -0.1) is 0 Å². The molecule has 3 aromatic rings. The SMILES string of the molecule is C/C=C\C.CCN1CCCCC1.O/C=C/Cc1[nH]nc2ccc(-c3ncn[nH]3)cc12. The zero-order valence-electron chi connectivity index (χ0n) is 18.3. The van der Waals surface area contributed by atoms with E-state index in [-0.39, 0.29) is 0 Å². The highest BCUT2D eigenvalue weighted by molar-refractivity contribution is 5.85. The first-order valence-corrected chi connectivity index (χ1v) is 10.6. The Labute approximate surface area is 178 Å². The van der Waals surface area contributed by atoms with Gasteiger partial charge in [0, 0.05) is 23.1 Å². The normalized spacial score (nSPS) is 14.5. The van der Waals surface area contributed by atoms with E-state index in [1.807, 2.05) is 44.2 Å². The number of aliphatic hydroxyl groups is 1. The molecule has 0 atom stereocenters. The number of likely N-dealkylation sites (tertiary alicyclic amines) is 1. The molecule has 4 rings (SSSR count). The Hall–Kier alpha value is -2.93. The minimum Gasteiger partial charge on any atom is -0.516 e. The lowest BCUT2D eigenvalue weighted by Crippen LogP contribution is -2.29. The standard InChI is InChI=1S/C12H11N5O.C7H15N.C4H8/c18-5-1-2-10-9-6-8(12-13-7-14-17-12)3-4-11(9)16-15-10;1-2-8-6-4-3-5-7-8;1-3-4-2/h1,3-7,18H,2H2,(H,15,16)(H,13,14,17);2-7H2,1H3;3-4H,1-2H3/b5-1+;;4-3-. The van der Waals surface area contributed by atoms with Gasteiger partial charge in [0.15, 0.2) is 5.82 Å². The second-order valence-electron chi connectivity index (χ2n) is 7.02. The van der Waals surface area contributed by atoms with Crippen LogP contribution < -0.4 is 0 Å². The molecular weight excluding hydrogens is 376 g/mol. The Morgan fingerprint density at radius 2 is 1.87 bits per heavy atom. The Kier molecular flexibility index (Phi) is 10.4. The van der Waals surface area contributed by atoms with Crippen molar-refractivity contribution in [1.29, 1.82) is 0 Å². The van der Waals surface area contributed by atoms with Crippen LogP contribution >= 0.6 is 0 Å². The first-order valence-electron chi connectivity index (χ1n) is 10.6. The Morgan fingerprint density at radius 1 is 1.10 bits per heavy atom. The van der Waals surface area contributed by atoms with Crippen molar-refractivity contribution in [3.63, 3.8) is 0 Å². The highest BCUT2D eigenvalue weighted by Crippen LogP contribution is 2.23. The number of aromatic nitrogens is 5. The Balaban J connectivity index is 0.000000222. The maximum Gasteiger partial charge on any atom is 0.155 e. The topological polar surface area (TPSA) is 93.7 Å². The van der Waals surface area contributed by atoms with Crippen molar-refractivity contribution in [3.8, 4) is 11.4 Å². The molecule has 1 aromatic carbocycles. The first-order chi connectivity index (χ1) is 14.7. The maximum atomic E-state index is 8.70. The molecule has 1 fully saturated rings. The first kappa shape index (κ1) is 23.3. The van der Waals surface area contributed by atoms with E-state index in [2.05, 4.69) is 37.2 Å². The van der Waals surface area contributed by atoms with Gasteiger partial charge in [0.2, 0.25) is 0 Å². The molecule has 2 aromatic heterocycles. The molecule has 0 spiro atoms.